The van der Waals surface area contributed by atoms with Crippen LogP contribution < -0.4 is 11.5 Å². The van der Waals surface area contributed by atoms with Gasteiger partial charge in [-0.1, -0.05) is 6.92 Å². The van der Waals surface area contributed by atoms with Crippen molar-refractivity contribution in [3.05, 3.63) is 22.2 Å². The maximum absolute atomic E-state index is 12.4. The summed E-state index contributed by atoms with van der Waals surface area (Å²) < 4.78 is 26.5. The molecule has 0 atom stereocenters. The summed E-state index contributed by atoms with van der Waals surface area (Å²) in [6.45, 7) is 3.10. The van der Waals surface area contributed by atoms with E-state index >= 15 is 0 Å². The van der Waals surface area contributed by atoms with E-state index in [1.165, 1.54) is 6.07 Å². The first-order valence-corrected chi connectivity index (χ1v) is 7.77. The molecule has 106 valence electrons. The molecule has 1 amide bonds. The van der Waals surface area contributed by atoms with Gasteiger partial charge in [-0.25, -0.2) is 8.42 Å². The SMILES string of the molecule is CCN(CC(N)=O)S(=O)(=O)c1cc(N)c(Br)cc1C. The highest BCUT2D eigenvalue weighted by atomic mass is 79.9. The van der Waals surface area contributed by atoms with Gasteiger partial charge in [0.05, 0.1) is 11.4 Å². The second kappa shape index (κ2) is 5.89. The van der Waals surface area contributed by atoms with Gasteiger partial charge in [-0.3, -0.25) is 4.79 Å². The Labute approximate surface area is 120 Å². The van der Waals surface area contributed by atoms with Crippen LogP contribution in [0.15, 0.2) is 21.5 Å². The maximum Gasteiger partial charge on any atom is 0.243 e. The zero-order valence-corrected chi connectivity index (χ0v) is 13.1. The van der Waals surface area contributed by atoms with Crippen LogP contribution in [0.1, 0.15) is 12.5 Å². The molecule has 0 fully saturated rings. The summed E-state index contributed by atoms with van der Waals surface area (Å²) in [6, 6.07) is 3.00. The highest BCUT2D eigenvalue weighted by Crippen LogP contribution is 2.28. The van der Waals surface area contributed by atoms with Crippen molar-refractivity contribution in [2.24, 2.45) is 5.73 Å². The van der Waals surface area contributed by atoms with Gasteiger partial charge in [0.25, 0.3) is 0 Å². The van der Waals surface area contributed by atoms with Crippen molar-refractivity contribution < 1.29 is 13.2 Å². The van der Waals surface area contributed by atoms with Crippen molar-refractivity contribution in [1.82, 2.24) is 4.31 Å². The van der Waals surface area contributed by atoms with Crippen molar-refractivity contribution in [2.75, 3.05) is 18.8 Å². The van der Waals surface area contributed by atoms with Crippen LogP contribution >= 0.6 is 15.9 Å². The highest BCUT2D eigenvalue weighted by molar-refractivity contribution is 9.10. The lowest BCUT2D eigenvalue weighted by molar-refractivity contribution is -0.118. The molecule has 1 rings (SSSR count). The summed E-state index contributed by atoms with van der Waals surface area (Å²) in [5, 5.41) is 0. The molecule has 4 N–H and O–H groups in total. The van der Waals surface area contributed by atoms with Gasteiger partial charge in [-0.2, -0.15) is 4.31 Å². The number of hydrogen-bond acceptors (Lipinski definition) is 4. The van der Waals surface area contributed by atoms with Crippen LogP contribution in [0, 0.1) is 6.92 Å². The third kappa shape index (κ3) is 3.46. The van der Waals surface area contributed by atoms with Gasteiger partial charge < -0.3 is 11.5 Å². The number of likely N-dealkylation sites (N-methyl/N-ethyl adjacent to an activating group) is 1. The minimum Gasteiger partial charge on any atom is -0.398 e. The average Bonchev–Trinajstić information content (AvgIpc) is 2.30. The van der Waals surface area contributed by atoms with Crippen molar-refractivity contribution in [2.45, 2.75) is 18.7 Å². The Morgan fingerprint density at radius 1 is 1.42 bits per heavy atom. The molecule has 19 heavy (non-hydrogen) atoms. The van der Waals surface area contributed by atoms with Gasteiger partial charge in [-0.05, 0) is 40.5 Å². The first-order valence-electron chi connectivity index (χ1n) is 5.54. The van der Waals surface area contributed by atoms with E-state index in [1.807, 2.05) is 0 Å². The molecule has 0 aliphatic carbocycles. The lowest BCUT2D eigenvalue weighted by Crippen LogP contribution is -2.38. The Morgan fingerprint density at radius 2 is 2.00 bits per heavy atom. The van der Waals surface area contributed by atoms with Crippen LogP contribution in [-0.4, -0.2) is 31.7 Å². The molecule has 0 heterocycles. The van der Waals surface area contributed by atoms with E-state index in [-0.39, 0.29) is 18.0 Å². The Morgan fingerprint density at radius 3 is 2.47 bits per heavy atom. The standard InChI is InChI=1S/C11H16BrN3O3S/c1-3-15(6-11(14)16)19(17,18)10-5-9(13)8(12)4-7(10)2/h4-5H,3,6,13H2,1-2H3,(H2,14,16). The van der Waals surface area contributed by atoms with Crippen molar-refractivity contribution in [3.63, 3.8) is 0 Å². The normalized spacial score (nSPS) is 11.8. The summed E-state index contributed by atoms with van der Waals surface area (Å²) in [6.07, 6.45) is 0. The van der Waals surface area contributed by atoms with Crippen LogP contribution in [0.25, 0.3) is 0 Å². The zero-order valence-electron chi connectivity index (χ0n) is 10.7. The summed E-state index contributed by atoms with van der Waals surface area (Å²) in [5.41, 5.74) is 11.6. The van der Waals surface area contributed by atoms with E-state index in [0.717, 1.165) is 4.31 Å². The van der Waals surface area contributed by atoms with Crippen LogP contribution in [0.3, 0.4) is 0 Å². The minimum atomic E-state index is -3.78. The fourth-order valence-corrected chi connectivity index (χ4v) is 3.74. The molecule has 0 aromatic heterocycles. The number of halogens is 1. The monoisotopic (exact) mass is 349 g/mol. The number of carbonyl (C=O) groups is 1. The van der Waals surface area contributed by atoms with Crippen LogP contribution in [-0.2, 0) is 14.8 Å². The Bertz CT molecular complexity index is 601. The molecule has 0 radical (unpaired) electrons. The first-order chi connectivity index (χ1) is 8.70. The second-order valence-electron chi connectivity index (χ2n) is 4.04. The largest absolute Gasteiger partial charge is 0.398 e. The molecule has 1 aromatic carbocycles. The topological polar surface area (TPSA) is 106 Å². The summed E-state index contributed by atoms with van der Waals surface area (Å²) >= 11 is 3.23. The Kier molecular flexibility index (Phi) is 4.94. The molecule has 1 aromatic rings. The molecular weight excluding hydrogens is 334 g/mol. The maximum atomic E-state index is 12.4. The van der Waals surface area contributed by atoms with E-state index in [1.54, 1.807) is 19.9 Å². The second-order valence-corrected chi connectivity index (χ2v) is 6.80. The van der Waals surface area contributed by atoms with Crippen LogP contribution in [0.5, 0.6) is 0 Å². The van der Waals surface area contributed by atoms with Crippen LogP contribution in [0.2, 0.25) is 0 Å². The molecule has 0 aliphatic rings. The van der Waals surface area contributed by atoms with E-state index in [0.29, 0.717) is 15.7 Å². The summed E-state index contributed by atoms with van der Waals surface area (Å²) in [5.74, 6) is -0.701. The Balaban J connectivity index is 3.33. The number of nitrogens with zero attached hydrogens (tertiary/aromatic N) is 1. The van der Waals surface area contributed by atoms with Gasteiger partial charge >= 0.3 is 0 Å². The Hall–Kier alpha value is -1.12. The molecule has 0 saturated heterocycles. The van der Waals surface area contributed by atoms with E-state index in [4.69, 9.17) is 11.5 Å². The predicted molar refractivity (Wildman–Crippen MR) is 76.9 cm³/mol. The molecule has 0 spiro atoms. The lowest BCUT2D eigenvalue weighted by atomic mass is 10.2. The number of nitrogens with two attached hydrogens (primary N) is 2. The van der Waals surface area contributed by atoms with Crippen molar-refractivity contribution >= 4 is 37.5 Å². The summed E-state index contributed by atoms with van der Waals surface area (Å²) in [4.78, 5) is 11.0. The first kappa shape index (κ1) is 15.9. The molecular formula is C11H16BrN3O3S. The van der Waals surface area contributed by atoms with Crippen LogP contribution in [0.4, 0.5) is 5.69 Å². The quantitative estimate of drug-likeness (QED) is 0.767. The number of rotatable bonds is 5. The number of hydrogen-bond donors (Lipinski definition) is 2. The molecule has 0 aliphatic heterocycles. The van der Waals surface area contributed by atoms with Crippen molar-refractivity contribution in [3.8, 4) is 0 Å². The number of anilines is 1. The van der Waals surface area contributed by atoms with Gasteiger partial charge in [0, 0.05) is 16.7 Å². The number of sulfonamides is 1. The van der Waals surface area contributed by atoms with E-state index < -0.39 is 15.9 Å². The van der Waals surface area contributed by atoms with Gasteiger partial charge in [-0.15, -0.1) is 0 Å². The number of carbonyl (C=O) groups excluding carboxylic acids is 1. The molecule has 0 bridgehead atoms. The fraction of sp³-hybridized carbons (Fsp3) is 0.364. The van der Waals surface area contributed by atoms with E-state index in [2.05, 4.69) is 15.9 Å². The molecule has 0 saturated carbocycles. The van der Waals surface area contributed by atoms with Gasteiger partial charge in [0.2, 0.25) is 15.9 Å². The fourth-order valence-electron chi connectivity index (χ4n) is 1.63. The predicted octanol–water partition coefficient (Wildman–Crippen LogP) is 0.836. The summed E-state index contributed by atoms with van der Waals surface area (Å²) in [7, 11) is -3.78. The van der Waals surface area contributed by atoms with E-state index in [9.17, 15) is 13.2 Å². The number of primary amides is 1. The third-order valence-corrected chi connectivity index (χ3v) is 5.35. The smallest absolute Gasteiger partial charge is 0.243 e. The lowest BCUT2D eigenvalue weighted by Gasteiger charge is -2.20. The molecule has 8 heteroatoms. The number of benzene rings is 1. The number of aryl methyl sites for hydroxylation is 1. The number of nitrogen functional groups attached to an aromatic ring is 1. The van der Waals surface area contributed by atoms with Gasteiger partial charge in [0.15, 0.2) is 0 Å². The molecule has 0 unspecified atom stereocenters. The molecule has 6 nitrogen and oxygen atoms in total. The highest BCUT2D eigenvalue weighted by Gasteiger charge is 2.26. The number of amides is 1. The van der Waals surface area contributed by atoms with Gasteiger partial charge in [0.1, 0.15) is 0 Å². The zero-order chi connectivity index (χ0) is 14.8. The minimum absolute atomic E-state index is 0.0799. The third-order valence-electron chi connectivity index (χ3n) is 2.60. The average molecular weight is 350 g/mol. The van der Waals surface area contributed by atoms with Crippen molar-refractivity contribution in [1.29, 1.82) is 0 Å².